The van der Waals surface area contributed by atoms with Gasteiger partial charge in [0.15, 0.2) is 0 Å². The third-order valence-corrected chi connectivity index (χ3v) is 3.54. The lowest BCUT2D eigenvalue weighted by atomic mass is 10.1. The van der Waals surface area contributed by atoms with Crippen molar-refractivity contribution in [2.75, 3.05) is 32.8 Å². The Morgan fingerprint density at radius 2 is 1.76 bits per heavy atom. The summed E-state index contributed by atoms with van der Waals surface area (Å²) in [5, 5.41) is 0. The molecule has 2 N–H and O–H groups in total. The standard InChI is InChI=1S/C14H30N2O/c1-2-3-12-17-13-6-4-5-9-16-10-7-14(15)8-11-16/h14H,2-13,15H2,1H3. The molecular formula is C14H30N2O. The first-order chi connectivity index (χ1) is 8.33. The number of unbranched alkanes of at least 4 members (excludes halogenated alkanes) is 3. The van der Waals surface area contributed by atoms with E-state index in [2.05, 4.69) is 11.8 Å². The fraction of sp³-hybridized carbons (Fsp3) is 1.00. The summed E-state index contributed by atoms with van der Waals surface area (Å²) in [7, 11) is 0. The minimum Gasteiger partial charge on any atom is -0.381 e. The number of piperidine rings is 1. The number of hydrogen-bond donors (Lipinski definition) is 1. The molecule has 17 heavy (non-hydrogen) atoms. The third-order valence-electron chi connectivity index (χ3n) is 3.54. The van der Waals surface area contributed by atoms with E-state index in [9.17, 15) is 0 Å². The molecule has 1 aliphatic heterocycles. The molecule has 102 valence electrons. The van der Waals surface area contributed by atoms with Crippen LogP contribution in [0.2, 0.25) is 0 Å². The van der Waals surface area contributed by atoms with E-state index in [1.807, 2.05) is 0 Å². The van der Waals surface area contributed by atoms with Crippen molar-refractivity contribution >= 4 is 0 Å². The van der Waals surface area contributed by atoms with Crippen LogP contribution < -0.4 is 5.73 Å². The van der Waals surface area contributed by atoms with E-state index in [1.54, 1.807) is 0 Å². The number of rotatable bonds is 9. The maximum Gasteiger partial charge on any atom is 0.0466 e. The average Bonchev–Trinajstić information content (AvgIpc) is 2.35. The molecule has 0 atom stereocenters. The Hall–Kier alpha value is -0.120. The van der Waals surface area contributed by atoms with Gasteiger partial charge in [0.1, 0.15) is 0 Å². The Morgan fingerprint density at radius 1 is 1.06 bits per heavy atom. The fourth-order valence-electron chi connectivity index (χ4n) is 2.24. The Kier molecular flexibility index (Phi) is 8.67. The highest BCUT2D eigenvalue weighted by molar-refractivity contribution is 4.73. The van der Waals surface area contributed by atoms with Crippen molar-refractivity contribution in [1.82, 2.24) is 4.90 Å². The summed E-state index contributed by atoms with van der Waals surface area (Å²) in [4.78, 5) is 2.56. The van der Waals surface area contributed by atoms with Crippen LogP contribution in [0, 0.1) is 0 Å². The molecule has 0 spiro atoms. The molecule has 1 fully saturated rings. The summed E-state index contributed by atoms with van der Waals surface area (Å²) < 4.78 is 5.55. The van der Waals surface area contributed by atoms with E-state index >= 15 is 0 Å². The Bertz CT molecular complexity index is 168. The van der Waals surface area contributed by atoms with Crippen LogP contribution in [0.3, 0.4) is 0 Å². The highest BCUT2D eigenvalue weighted by Crippen LogP contribution is 2.09. The van der Waals surface area contributed by atoms with Gasteiger partial charge in [-0.2, -0.15) is 0 Å². The quantitative estimate of drug-likeness (QED) is 0.631. The monoisotopic (exact) mass is 242 g/mol. The van der Waals surface area contributed by atoms with Gasteiger partial charge in [0.25, 0.3) is 0 Å². The Balaban J connectivity index is 1.81. The lowest BCUT2D eigenvalue weighted by Crippen LogP contribution is -2.40. The van der Waals surface area contributed by atoms with Crippen LogP contribution in [0.25, 0.3) is 0 Å². The number of nitrogens with zero attached hydrogens (tertiary/aromatic N) is 1. The molecule has 3 nitrogen and oxygen atoms in total. The predicted octanol–water partition coefficient (Wildman–Crippen LogP) is 2.40. The van der Waals surface area contributed by atoms with Gasteiger partial charge in [-0.3, -0.25) is 0 Å². The zero-order valence-corrected chi connectivity index (χ0v) is 11.5. The van der Waals surface area contributed by atoms with Gasteiger partial charge in [0.05, 0.1) is 0 Å². The summed E-state index contributed by atoms with van der Waals surface area (Å²) in [6, 6.07) is 0.457. The van der Waals surface area contributed by atoms with Crippen molar-refractivity contribution in [2.24, 2.45) is 5.73 Å². The molecule has 0 radical (unpaired) electrons. The lowest BCUT2D eigenvalue weighted by molar-refractivity contribution is 0.125. The van der Waals surface area contributed by atoms with Crippen molar-refractivity contribution in [3.63, 3.8) is 0 Å². The van der Waals surface area contributed by atoms with Gasteiger partial charge in [-0.25, -0.2) is 0 Å². The minimum atomic E-state index is 0.457. The van der Waals surface area contributed by atoms with E-state index in [-0.39, 0.29) is 0 Å². The second-order valence-electron chi connectivity index (χ2n) is 5.21. The second kappa shape index (κ2) is 9.86. The molecule has 0 unspecified atom stereocenters. The van der Waals surface area contributed by atoms with Crippen molar-refractivity contribution < 1.29 is 4.74 Å². The van der Waals surface area contributed by atoms with Crippen LogP contribution in [-0.2, 0) is 4.74 Å². The summed E-state index contributed by atoms with van der Waals surface area (Å²) in [6.07, 6.45) is 8.63. The molecule has 1 saturated heterocycles. The highest BCUT2D eigenvalue weighted by atomic mass is 16.5. The van der Waals surface area contributed by atoms with Crippen molar-refractivity contribution in [1.29, 1.82) is 0 Å². The van der Waals surface area contributed by atoms with Gasteiger partial charge >= 0.3 is 0 Å². The van der Waals surface area contributed by atoms with Gasteiger partial charge in [-0.1, -0.05) is 13.3 Å². The largest absolute Gasteiger partial charge is 0.381 e. The van der Waals surface area contributed by atoms with E-state index in [0.29, 0.717) is 6.04 Å². The topological polar surface area (TPSA) is 38.5 Å². The van der Waals surface area contributed by atoms with E-state index in [0.717, 1.165) is 13.2 Å². The van der Waals surface area contributed by atoms with Gasteiger partial charge in [-0.05, 0) is 58.2 Å². The highest BCUT2D eigenvalue weighted by Gasteiger charge is 2.14. The summed E-state index contributed by atoms with van der Waals surface area (Å²) in [5.74, 6) is 0. The van der Waals surface area contributed by atoms with Crippen LogP contribution in [0.5, 0.6) is 0 Å². The molecule has 1 aliphatic rings. The Morgan fingerprint density at radius 3 is 2.47 bits per heavy atom. The van der Waals surface area contributed by atoms with Crippen LogP contribution in [-0.4, -0.2) is 43.8 Å². The molecule has 1 heterocycles. The fourth-order valence-corrected chi connectivity index (χ4v) is 2.24. The molecule has 0 aromatic rings. The molecule has 0 aromatic heterocycles. The minimum absolute atomic E-state index is 0.457. The molecule has 0 aliphatic carbocycles. The molecule has 0 aromatic carbocycles. The summed E-state index contributed by atoms with van der Waals surface area (Å²) in [6.45, 7) is 7.75. The van der Waals surface area contributed by atoms with Crippen LogP contribution >= 0.6 is 0 Å². The van der Waals surface area contributed by atoms with Gasteiger partial charge in [0, 0.05) is 19.3 Å². The normalized spacial score (nSPS) is 18.7. The average molecular weight is 242 g/mol. The van der Waals surface area contributed by atoms with Gasteiger partial charge in [-0.15, -0.1) is 0 Å². The summed E-state index contributed by atoms with van der Waals surface area (Å²) in [5.41, 5.74) is 5.89. The molecule has 0 saturated carbocycles. The van der Waals surface area contributed by atoms with Gasteiger partial charge < -0.3 is 15.4 Å². The zero-order valence-electron chi connectivity index (χ0n) is 11.5. The van der Waals surface area contributed by atoms with Crippen LogP contribution in [0.4, 0.5) is 0 Å². The third kappa shape index (κ3) is 7.74. The molecule has 0 bridgehead atoms. The maximum absolute atomic E-state index is 5.89. The van der Waals surface area contributed by atoms with Crippen molar-refractivity contribution in [2.45, 2.75) is 57.9 Å². The van der Waals surface area contributed by atoms with E-state index in [4.69, 9.17) is 10.5 Å². The van der Waals surface area contributed by atoms with Crippen molar-refractivity contribution in [3.8, 4) is 0 Å². The SMILES string of the molecule is CCCCOCCCCCN1CCC(N)CC1. The van der Waals surface area contributed by atoms with E-state index in [1.165, 1.54) is 64.6 Å². The first kappa shape index (κ1) is 14.9. The molecule has 0 amide bonds. The number of ether oxygens (including phenoxy) is 1. The molecule has 3 heteroatoms. The van der Waals surface area contributed by atoms with Crippen LogP contribution in [0.1, 0.15) is 51.9 Å². The maximum atomic E-state index is 5.89. The smallest absolute Gasteiger partial charge is 0.0466 e. The number of nitrogens with two attached hydrogens (primary N) is 1. The molecule has 1 rings (SSSR count). The second-order valence-corrected chi connectivity index (χ2v) is 5.21. The lowest BCUT2D eigenvalue weighted by Gasteiger charge is -2.29. The van der Waals surface area contributed by atoms with Gasteiger partial charge in [0.2, 0.25) is 0 Å². The number of likely N-dealkylation sites (tertiary alicyclic amines) is 1. The predicted molar refractivity (Wildman–Crippen MR) is 73.2 cm³/mol. The summed E-state index contributed by atoms with van der Waals surface area (Å²) >= 11 is 0. The van der Waals surface area contributed by atoms with Crippen molar-refractivity contribution in [3.05, 3.63) is 0 Å². The Labute approximate surface area is 107 Å². The molecular weight excluding hydrogens is 212 g/mol. The van der Waals surface area contributed by atoms with Crippen LogP contribution in [0.15, 0.2) is 0 Å². The zero-order chi connectivity index (χ0) is 12.3. The van der Waals surface area contributed by atoms with E-state index < -0.39 is 0 Å². The number of hydrogen-bond acceptors (Lipinski definition) is 3. The first-order valence-corrected chi connectivity index (χ1v) is 7.38. The first-order valence-electron chi connectivity index (χ1n) is 7.38.